The van der Waals surface area contributed by atoms with E-state index in [2.05, 4.69) is 5.10 Å². The normalized spacial score (nSPS) is 19.8. The number of hydrogen-bond acceptors (Lipinski definition) is 4. The lowest BCUT2D eigenvalue weighted by atomic mass is 10.1. The molecule has 0 aliphatic carbocycles. The first kappa shape index (κ1) is 14.6. The van der Waals surface area contributed by atoms with Crippen molar-refractivity contribution in [3.05, 3.63) is 18.0 Å². The third-order valence-electron chi connectivity index (χ3n) is 3.22. The van der Waals surface area contributed by atoms with Gasteiger partial charge in [-0.3, -0.25) is 9.48 Å². The van der Waals surface area contributed by atoms with Crippen molar-refractivity contribution in [3.63, 3.8) is 0 Å². The summed E-state index contributed by atoms with van der Waals surface area (Å²) in [6, 6.07) is 1.71. The number of aldehydes is 1. The van der Waals surface area contributed by atoms with Crippen molar-refractivity contribution in [2.45, 2.75) is 45.3 Å². The first-order valence-corrected chi connectivity index (χ1v) is 6.87. The molecular weight excluding hydrogens is 258 g/mol. The number of aromatic nitrogens is 2. The lowest BCUT2D eigenvalue weighted by molar-refractivity contribution is 0.0167. The van der Waals surface area contributed by atoms with Crippen LogP contribution in [0.2, 0.25) is 0 Å². The van der Waals surface area contributed by atoms with E-state index >= 15 is 0 Å². The zero-order valence-corrected chi connectivity index (χ0v) is 12.2. The number of piperidine rings is 1. The van der Waals surface area contributed by atoms with Crippen LogP contribution in [0.1, 0.15) is 50.1 Å². The fourth-order valence-corrected chi connectivity index (χ4v) is 2.37. The van der Waals surface area contributed by atoms with E-state index in [1.54, 1.807) is 21.8 Å². The molecule has 1 fully saturated rings. The Bertz CT molecular complexity index is 490. The number of carbonyl (C=O) groups is 2. The van der Waals surface area contributed by atoms with E-state index in [0.29, 0.717) is 18.8 Å². The van der Waals surface area contributed by atoms with Crippen molar-refractivity contribution in [1.29, 1.82) is 0 Å². The highest BCUT2D eigenvalue weighted by Gasteiger charge is 2.29. The van der Waals surface area contributed by atoms with Crippen molar-refractivity contribution in [2.75, 3.05) is 13.1 Å². The van der Waals surface area contributed by atoms with E-state index in [4.69, 9.17) is 4.74 Å². The Labute approximate surface area is 118 Å². The summed E-state index contributed by atoms with van der Waals surface area (Å²) < 4.78 is 7.09. The molecule has 0 aromatic carbocycles. The van der Waals surface area contributed by atoms with Crippen LogP contribution in [-0.2, 0) is 4.74 Å². The van der Waals surface area contributed by atoms with Crippen molar-refractivity contribution in [3.8, 4) is 0 Å². The van der Waals surface area contributed by atoms with Crippen LogP contribution in [0.3, 0.4) is 0 Å². The van der Waals surface area contributed by atoms with Crippen molar-refractivity contribution < 1.29 is 14.3 Å². The fraction of sp³-hybridized carbons (Fsp3) is 0.643. The Balaban J connectivity index is 2.05. The van der Waals surface area contributed by atoms with Crippen LogP contribution in [-0.4, -0.2) is 45.8 Å². The maximum Gasteiger partial charge on any atom is 0.410 e. The Kier molecular flexibility index (Phi) is 4.11. The molecule has 0 N–H and O–H groups in total. The average molecular weight is 279 g/mol. The largest absolute Gasteiger partial charge is 0.444 e. The van der Waals surface area contributed by atoms with Crippen molar-refractivity contribution in [2.24, 2.45) is 0 Å². The standard InChI is InChI=1S/C14H21N3O3/c1-14(2,3)20-13(19)16-8-4-5-11(9-16)17-12(10-18)6-7-15-17/h6-7,10-11H,4-5,8-9H2,1-3H3. The van der Waals surface area contributed by atoms with Crippen LogP contribution in [0.15, 0.2) is 12.3 Å². The average Bonchev–Trinajstić information content (AvgIpc) is 2.85. The number of rotatable bonds is 2. The molecule has 1 atom stereocenters. The van der Waals surface area contributed by atoms with Gasteiger partial charge in [-0.2, -0.15) is 5.10 Å². The van der Waals surface area contributed by atoms with E-state index in [1.165, 1.54) is 0 Å². The summed E-state index contributed by atoms with van der Waals surface area (Å²) in [6.07, 6.45) is 3.88. The van der Waals surface area contributed by atoms with Gasteiger partial charge in [0.25, 0.3) is 0 Å². The third kappa shape index (κ3) is 3.37. The molecule has 20 heavy (non-hydrogen) atoms. The van der Waals surface area contributed by atoms with E-state index in [-0.39, 0.29) is 12.1 Å². The van der Waals surface area contributed by atoms with Gasteiger partial charge in [0.1, 0.15) is 11.3 Å². The second-order valence-electron chi connectivity index (χ2n) is 6.04. The monoisotopic (exact) mass is 279 g/mol. The molecule has 2 rings (SSSR count). The topological polar surface area (TPSA) is 64.4 Å². The van der Waals surface area contributed by atoms with Crippen molar-refractivity contribution >= 4 is 12.4 Å². The molecule has 2 heterocycles. The van der Waals surface area contributed by atoms with Crippen molar-refractivity contribution in [1.82, 2.24) is 14.7 Å². The second-order valence-corrected chi connectivity index (χ2v) is 6.04. The number of hydrogen-bond donors (Lipinski definition) is 0. The summed E-state index contributed by atoms with van der Waals surface area (Å²) in [4.78, 5) is 24.7. The molecule has 110 valence electrons. The number of amides is 1. The number of likely N-dealkylation sites (tertiary alicyclic amines) is 1. The molecule has 1 aromatic heterocycles. The molecule has 1 saturated heterocycles. The Morgan fingerprint density at radius 2 is 2.25 bits per heavy atom. The van der Waals surface area contributed by atoms with Gasteiger partial charge in [-0.1, -0.05) is 0 Å². The second kappa shape index (κ2) is 5.64. The van der Waals surface area contributed by atoms with Gasteiger partial charge >= 0.3 is 6.09 Å². The molecular formula is C14H21N3O3. The molecule has 1 unspecified atom stereocenters. The number of nitrogens with zero attached hydrogens (tertiary/aromatic N) is 3. The van der Waals surface area contributed by atoms with Gasteiger partial charge in [0, 0.05) is 19.3 Å². The predicted octanol–water partition coefficient (Wildman–Crippen LogP) is 2.27. The molecule has 1 aliphatic rings. The van der Waals surface area contributed by atoms with Gasteiger partial charge in [0.2, 0.25) is 0 Å². The molecule has 0 bridgehead atoms. The Hall–Kier alpha value is -1.85. The summed E-state index contributed by atoms with van der Waals surface area (Å²) in [7, 11) is 0. The smallest absolute Gasteiger partial charge is 0.410 e. The van der Waals surface area contributed by atoms with Gasteiger partial charge in [0.15, 0.2) is 6.29 Å². The molecule has 0 radical (unpaired) electrons. The SMILES string of the molecule is CC(C)(C)OC(=O)N1CCCC(n2nccc2C=O)C1. The molecule has 0 spiro atoms. The lowest BCUT2D eigenvalue weighted by Gasteiger charge is -2.34. The third-order valence-corrected chi connectivity index (χ3v) is 3.22. The summed E-state index contributed by atoms with van der Waals surface area (Å²) in [6.45, 7) is 6.76. The van der Waals surface area contributed by atoms with Gasteiger partial charge in [0.05, 0.1) is 6.04 Å². The fourth-order valence-electron chi connectivity index (χ4n) is 2.37. The van der Waals surface area contributed by atoms with Crippen LogP contribution in [0.5, 0.6) is 0 Å². The molecule has 6 heteroatoms. The van der Waals surface area contributed by atoms with E-state index in [1.807, 2.05) is 20.8 Å². The van der Waals surface area contributed by atoms with Gasteiger partial charge < -0.3 is 9.64 Å². The van der Waals surface area contributed by atoms with Crippen LogP contribution in [0.25, 0.3) is 0 Å². The summed E-state index contributed by atoms with van der Waals surface area (Å²) in [5.74, 6) is 0. The van der Waals surface area contributed by atoms with E-state index < -0.39 is 5.60 Å². The van der Waals surface area contributed by atoms with Crippen LogP contribution >= 0.6 is 0 Å². The Morgan fingerprint density at radius 3 is 2.90 bits per heavy atom. The Morgan fingerprint density at radius 1 is 1.50 bits per heavy atom. The molecule has 1 aromatic rings. The summed E-state index contributed by atoms with van der Waals surface area (Å²) in [5, 5.41) is 4.19. The predicted molar refractivity (Wildman–Crippen MR) is 73.7 cm³/mol. The van der Waals surface area contributed by atoms with Gasteiger partial charge in [-0.15, -0.1) is 0 Å². The lowest BCUT2D eigenvalue weighted by Crippen LogP contribution is -2.43. The van der Waals surface area contributed by atoms with E-state index in [9.17, 15) is 9.59 Å². The summed E-state index contributed by atoms with van der Waals surface area (Å²) >= 11 is 0. The molecule has 6 nitrogen and oxygen atoms in total. The van der Waals surface area contributed by atoms with Crippen LogP contribution in [0, 0.1) is 0 Å². The van der Waals surface area contributed by atoms with Crippen LogP contribution < -0.4 is 0 Å². The van der Waals surface area contributed by atoms with E-state index in [0.717, 1.165) is 19.1 Å². The summed E-state index contributed by atoms with van der Waals surface area (Å²) in [5.41, 5.74) is 0.0463. The first-order valence-electron chi connectivity index (χ1n) is 6.87. The zero-order chi connectivity index (χ0) is 14.8. The minimum absolute atomic E-state index is 0.0338. The molecule has 0 saturated carbocycles. The van der Waals surface area contributed by atoms with Gasteiger partial charge in [-0.25, -0.2) is 4.79 Å². The molecule has 1 aliphatic heterocycles. The highest BCUT2D eigenvalue weighted by Crippen LogP contribution is 2.23. The maximum atomic E-state index is 12.1. The highest BCUT2D eigenvalue weighted by atomic mass is 16.6. The van der Waals surface area contributed by atoms with Gasteiger partial charge in [-0.05, 0) is 39.7 Å². The van der Waals surface area contributed by atoms with Crippen LogP contribution in [0.4, 0.5) is 4.79 Å². The molecule has 1 amide bonds. The maximum absolute atomic E-state index is 12.1. The minimum Gasteiger partial charge on any atom is -0.444 e. The first-order chi connectivity index (χ1) is 9.40. The minimum atomic E-state index is -0.496. The number of ether oxygens (including phenoxy) is 1. The quantitative estimate of drug-likeness (QED) is 0.779. The zero-order valence-electron chi connectivity index (χ0n) is 12.2. The highest BCUT2D eigenvalue weighted by molar-refractivity contribution is 5.72. The number of carbonyl (C=O) groups excluding carboxylic acids is 2.